The smallest absolute Gasteiger partial charge is 0.350 e. The molecule has 0 atom stereocenters. The lowest BCUT2D eigenvalue weighted by Gasteiger charge is -2.28. The van der Waals surface area contributed by atoms with E-state index in [-0.39, 0.29) is 24.6 Å². The van der Waals surface area contributed by atoms with Crippen LogP contribution in [0.25, 0.3) is 5.65 Å². The zero-order valence-electron chi connectivity index (χ0n) is 13.8. The van der Waals surface area contributed by atoms with E-state index in [4.69, 9.17) is 4.74 Å². The number of ether oxygens (including phenoxy) is 1. The third-order valence-electron chi connectivity index (χ3n) is 4.14. The van der Waals surface area contributed by atoms with E-state index in [0.29, 0.717) is 30.4 Å². The van der Waals surface area contributed by atoms with Gasteiger partial charge >= 0.3 is 5.69 Å². The molecule has 0 spiro atoms. The van der Waals surface area contributed by atoms with Crippen LogP contribution >= 0.6 is 0 Å². The van der Waals surface area contributed by atoms with E-state index >= 15 is 0 Å². The minimum Gasteiger partial charge on any atom is -0.474 e. The first kappa shape index (κ1) is 15.4. The van der Waals surface area contributed by atoms with Gasteiger partial charge in [0.1, 0.15) is 12.3 Å². The average Bonchev–Trinajstić information content (AvgIpc) is 2.95. The average molecular weight is 339 g/mol. The van der Waals surface area contributed by atoms with E-state index in [1.165, 1.54) is 9.08 Å². The standard InChI is InChI=1S/C17H17N5O3/c1-12-10-13-16(18-11-12)25-9-8-20(13)15(23)5-7-22-17(24)21-6-3-2-4-14(21)19-22/h2-4,6,10-11H,5,7-9H2,1H3. The number of anilines is 1. The highest BCUT2D eigenvalue weighted by Gasteiger charge is 2.25. The summed E-state index contributed by atoms with van der Waals surface area (Å²) in [5, 5.41) is 4.25. The molecule has 1 amide bonds. The van der Waals surface area contributed by atoms with Crippen LogP contribution in [0.1, 0.15) is 12.0 Å². The largest absolute Gasteiger partial charge is 0.474 e. The van der Waals surface area contributed by atoms with Crippen LogP contribution in [0.4, 0.5) is 5.69 Å². The second kappa shape index (κ2) is 6.04. The van der Waals surface area contributed by atoms with Gasteiger partial charge in [0.2, 0.25) is 11.8 Å². The molecule has 4 rings (SSSR count). The van der Waals surface area contributed by atoms with Crippen LogP contribution in [-0.4, -0.2) is 38.2 Å². The van der Waals surface area contributed by atoms with Gasteiger partial charge in [-0.2, -0.15) is 0 Å². The molecule has 128 valence electrons. The van der Waals surface area contributed by atoms with Crippen LogP contribution in [0, 0.1) is 6.92 Å². The van der Waals surface area contributed by atoms with Crippen LogP contribution < -0.4 is 15.3 Å². The molecule has 0 saturated carbocycles. The second-order valence-corrected chi connectivity index (χ2v) is 5.92. The van der Waals surface area contributed by atoms with Gasteiger partial charge in [-0.3, -0.25) is 9.20 Å². The lowest BCUT2D eigenvalue weighted by molar-refractivity contribution is -0.119. The van der Waals surface area contributed by atoms with Gasteiger partial charge in [-0.15, -0.1) is 5.10 Å². The third kappa shape index (κ3) is 2.75. The van der Waals surface area contributed by atoms with Gasteiger partial charge in [-0.05, 0) is 30.7 Å². The van der Waals surface area contributed by atoms with Crippen molar-refractivity contribution in [3.63, 3.8) is 0 Å². The Hall–Kier alpha value is -3.16. The van der Waals surface area contributed by atoms with E-state index in [1.807, 2.05) is 19.1 Å². The van der Waals surface area contributed by atoms with Crippen molar-refractivity contribution < 1.29 is 9.53 Å². The van der Waals surface area contributed by atoms with Gasteiger partial charge in [-0.25, -0.2) is 14.5 Å². The molecule has 8 nitrogen and oxygen atoms in total. The number of hydrogen-bond donors (Lipinski definition) is 0. The number of amides is 1. The van der Waals surface area contributed by atoms with E-state index in [1.54, 1.807) is 29.4 Å². The lowest BCUT2D eigenvalue weighted by atomic mass is 10.2. The molecule has 1 aliphatic rings. The van der Waals surface area contributed by atoms with E-state index in [9.17, 15) is 9.59 Å². The highest BCUT2D eigenvalue weighted by atomic mass is 16.5. The zero-order chi connectivity index (χ0) is 17.4. The van der Waals surface area contributed by atoms with Gasteiger partial charge in [0.15, 0.2) is 5.65 Å². The molecular formula is C17H17N5O3. The Bertz CT molecular complexity index is 1010. The van der Waals surface area contributed by atoms with Crippen molar-refractivity contribution in [1.29, 1.82) is 0 Å². The van der Waals surface area contributed by atoms with Crippen molar-refractivity contribution >= 4 is 17.2 Å². The molecule has 1 aliphatic heterocycles. The molecule has 25 heavy (non-hydrogen) atoms. The van der Waals surface area contributed by atoms with Crippen LogP contribution in [0.3, 0.4) is 0 Å². The fourth-order valence-corrected chi connectivity index (χ4v) is 2.91. The normalized spacial score (nSPS) is 13.6. The minimum atomic E-state index is -0.247. The van der Waals surface area contributed by atoms with Crippen molar-refractivity contribution in [3.8, 4) is 5.88 Å². The Labute approximate surface area is 143 Å². The van der Waals surface area contributed by atoms with E-state index in [0.717, 1.165) is 5.56 Å². The summed E-state index contributed by atoms with van der Waals surface area (Å²) in [4.78, 5) is 30.8. The highest BCUT2D eigenvalue weighted by Crippen LogP contribution is 2.30. The number of pyridine rings is 2. The van der Waals surface area contributed by atoms with Crippen molar-refractivity contribution in [3.05, 3.63) is 52.7 Å². The summed E-state index contributed by atoms with van der Waals surface area (Å²) >= 11 is 0. The number of carbonyl (C=O) groups excluding carboxylic acids is 1. The molecule has 0 unspecified atom stereocenters. The highest BCUT2D eigenvalue weighted by molar-refractivity contribution is 5.94. The van der Waals surface area contributed by atoms with Gasteiger partial charge in [0.05, 0.1) is 13.1 Å². The molecule has 0 radical (unpaired) electrons. The van der Waals surface area contributed by atoms with Crippen LogP contribution in [0.5, 0.6) is 5.88 Å². The molecule has 0 bridgehead atoms. The number of rotatable bonds is 3. The third-order valence-corrected chi connectivity index (χ3v) is 4.14. The van der Waals surface area contributed by atoms with Crippen LogP contribution in [0.15, 0.2) is 41.5 Å². The topological polar surface area (TPSA) is 81.7 Å². The molecule has 0 aromatic carbocycles. The second-order valence-electron chi connectivity index (χ2n) is 5.92. The molecule has 8 heteroatoms. The fourth-order valence-electron chi connectivity index (χ4n) is 2.91. The fraction of sp³-hybridized carbons (Fsp3) is 0.294. The molecule has 0 fully saturated rings. The van der Waals surface area contributed by atoms with Crippen molar-refractivity contribution in [1.82, 2.24) is 19.2 Å². The van der Waals surface area contributed by atoms with Crippen molar-refractivity contribution in [2.75, 3.05) is 18.1 Å². The van der Waals surface area contributed by atoms with E-state index in [2.05, 4.69) is 10.1 Å². The number of fused-ring (bicyclic) bond motifs is 2. The first-order valence-corrected chi connectivity index (χ1v) is 8.07. The maximum absolute atomic E-state index is 12.7. The first-order valence-electron chi connectivity index (χ1n) is 8.07. The Balaban J connectivity index is 1.54. The van der Waals surface area contributed by atoms with Crippen LogP contribution in [-0.2, 0) is 11.3 Å². The Kier molecular flexibility index (Phi) is 3.72. The van der Waals surface area contributed by atoms with Crippen molar-refractivity contribution in [2.24, 2.45) is 0 Å². The molecule has 3 aromatic heterocycles. The van der Waals surface area contributed by atoms with Gasteiger partial charge in [0.25, 0.3) is 0 Å². The monoisotopic (exact) mass is 339 g/mol. The summed E-state index contributed by atoms with van der Waals surface area (Å²) in [5.41, 5.74) is 1.96. The number of aryl methyl sites for hydroxylation is 2. The van der Waals surface area contributed by atoms with Gasteiger partial charge in [-0.1, -0.05) is 6.07 Å². The number of carbonyl (C=O) groups is 1. The first-order chi connectivity index (χ1) is 12.1. The molecular weight excluding hydrogens is 322 g/mol. The van der Waals surface area contributed by atoms with Crippen molar-refractivity contribution in [2.45, 2.75) is 19.9 Å². The summed E-state index contributed by atoms with van der Waals surface area (Å²) in [6.07, 6.45) is 3.55. The van der Waals surface area contributed by atoms with Gasteiger partial charge < -0.3 is 9.64 Å². The number of aromatic nitrogens is 4. The predicted octanol–water partition coefficient (Wildman–Crippen LogP) is 1.02. The quantitative estimate of drug-likeness (QED) is 0.711. The minimum absolute atomic E-state index is 0.0825. The molecule has 3 aromatic rings. The zero-order valence-corrected chi connectivity index (χ0v) is 13.8. The molecule has 4 heterocycles. The number of hydrogen-bond acceptors (Lipinski definition) is 5. The lowest BCUT2D eigenvalue weighted by Crippen LogP contribution is -2.39. The maximum atomic E-state index is 12.7. The van der Waals surface area contributed by atoms with Gasteiger partial charge in [0, 0.05) is 18.8 Å². The number of nitrogens with zero attached hydrogens (tertiary/aromatic N) is 5. The summed E-state index contributed by atoms with van der Waals surface area (Å²) < 4.78 is 8.29. The summed E-state index contributed by atoms with van der Waals surface area (Å²) in [5.74, 6) is 0.385. The SMILES string of the molecule is Cc1cnc2c(c1)N(C(=O)CCn1nc3ccccn3c1=O)CCO2. The Morgan fingerprint density at radius 2 is 2.24 bits per heavy atom. The molecule has 0 N–H and O–H groups in total. The molecule has 0 aliphatic carbocycles. The Morgan fingerprint density at radius 3 is 3.08 bits per heavy atom. The maximum Gasteiger partial charge on any atom is 0.350 e. The predicted molar refractivity (Wildman–Crippen MR) is 90.9 cm³/mol. The summed E-state index contributed by atoms with van der Waals surface area (Å²) in [7, 11) is 0. The molecule has 0 saturated heterocycles. The summed E-state index contributed by atoms with van der Waals surface area (Å²) in [6.45, 7) is 3.02. The Morgan fingerprint density at radius 1 is 1.36 bits per heavy atom. The van der Waals surface area contributed by atoms with Crippen LogP contribution in [0.2, 0.25) is 0 Å². The van der Waals surface area contributed by atoms with E-state index < -0.39 is 0 Å². The summed E-state index contributed by atoms with van der Waals surface area (Å²) in [6, 6.07) is 7.23.